The van der Waals surface area contributed by atoms with Gasteiger partial charge in [0, 0.05) is 32.0 Å². The molecule has 4 nitrogen and oxygen atoms in total. The van der Waals surface area contributed by atoms with Gasteiger partial charge in [-0.3, -0.25) is 0 Å². The first-order valence-electron chi connectivity index (χ1n) is 9.36. The first kappa shape index (κ1) is 16.7. The molecule has 134 valence electrons. The minimum Gasteiger partial charge on any atom is -0.353 e. The summed E-state index contributed by atoms with van der Waals surface area (Å²) in [5, 5.41) is 5.65. The van der Waals surface area contributed by atoms with E-state index in [9.17, 15) is 4.79 Å². The molecule has 1 aliphatic rings. The molecule has 4 rings (SSSR count). The molecular formula is C22H25N3O. The normalized spacial score (nSPS) is 17.0. The second-order valence-corrected chi connectivity index (χ2v) is 7.02. The number of carbonyl (C=O) groups is 1. The summed E-state index contributed by atoms with van der Waals surface area (Å²) < 4.78 is 2.12. The Morgan fingerprint density at radius 3 is 2.81 bits per heavy atom. The number of amides is 2. The molecule has 26 heavy (non-hydrogen) atoms. The van der Waals surface area contributed by atoms with Crippen LogP contribution in [0.4, 0.5) is 4.79 Å². The van der Waals surface area contributed by atoms with Crippen molar-refractivity contribution in [2.24, 2.45) is 7.05 Å². The third kappa shape index (κ3) is 3.19. The van der Waals surface area contributed by atoms with Crippen LogP contribution in [0.15, 0.2) is 60.8 Å². The second-order valence-electron chi connectivity index (χ2n) is 7.02. The molecule has 2 aromatic carbocycles. The maximum atomic E-state index is 12.7. The molecule has 0 spiro atoms. The first-order chi connectivity index (χ1) is 12.7. The summed E-state index contributed by atoms with van der Waals surface area (Å²) in [5.74, 6) is 0. The van der Waals surface area contributed by atoms with Crippen LogP contribution in [0.1, 0.15) is 30.1 Å². The van der Waals surface area contributed by atoms with E-state index < -0.39 is 0 Å². The van der Waals surface area contributed by atoms with Crippen LogP contribution < -0.4 is 5.32 Å². The molecule has 4 heteroatoms. The lowest BCUT2D eigenvalue weighted by atomic mass is 10.0. The van der Waals surface area contributed by atoms with Gasteiger partial charge in [0.25, 0.3) is 0 Å². The van der Waals surface area contributed by atoms with Crippen molar-refractivity contribution in [3.8, 4) is 0 Å². The van der Waals surface area contributed by atoms with Crippen molar-refractivity contribution in [1.82, 2.24) is 14.8 Å². The smallest absolute Gasteiger partial charge is 0.317 e. The van der Waals surface area contributed by atoms with Crippen LogP contribution in [0.5, 0.6) is 0 Å². The van der Waals surface area contributed by atoms with Crippen LogP contribution in [-0.4, -0.2) is 28.6 Å². The van der Waals surface area contributed by atoms with Gasteiger partial charge in [-0.15, -0.1) is 0 Å². The van der Waals surface area contributed by atoms with E-state index >= 15 is 0 Å². The average molecular weight is 347 g/mol. The van der Waals surface area contributed by atoms with Crippen molar-refractivity contribution >= 4 is 16.8 Å². The summed E-state index contributed by atoms with van der Waals surface area (Å²) in [6.45, 7) is 1.49. The van der Waals surface area contributed by atoms with E-state index in [1.165, 1.54) is 22.0 Å². The Balaban J connectivity index is 1.40. The number of likely N-dealkylation sites (tertiary alicyclic amines) is 1. The Labute approximate surface area is 154 Å². The van der Waals surface area contributed by atoms with Gasteiger partial charge in [0.1, 0.15) is 0 Å². The number of rotatable bonds is 4. The maximum absolute atomic E-state index is 12.7. The fourth-order valence-corrected chi connectivity index (χ4v) is 4.05. The Morgan fingerprint density at radius 2 is 1.96 bits per heavy atom. The molecule has 1 fully saturated rings. The number of benzene rings is 2. The first-order valence-corrected chi connectivity index (χ1v) is 9.36. The molecule has 1 N–H and O–H groups in total. The van der Waals surface area contributed by atoms with Crippen molar-refractivity contribution in [2.75, 3.05) is 13.1 Å². The van der Waals surface area contributed by atoms with E-state index in [0.29, 0.717) is 6.54 Å². The number of fused-ring (bicyclic) bond motifs is 1. The largest absolute Gasteiger partial charge is 0.353 e. The van der Waals surface area contributed by atoms with Gasteiger partial charge in [0.05, 0.1) is 6.04 Å². The summed E-state index contributed by atoms with van der Waals surface area (Å²) in [7, 11) is 2.05. The van der Waals surface area contributed by atoms with Crippen molar-refractivity contribution in [2.45, 2.75) is 25.3 Å². The van der Waals surface area contributed by atoms with E-state index in [0.717, 1.165) is 25.8 Å². The highest BCUT2D eigenvalue weighted by molar-refractivity contribution is 5.85. The topological polar surface area (TPSA) is 37.3 Å². The molecule has 2 heterocycles. The SMILES string of the molecule is Cn1cccc1C1CCCN1C(=O)NCCc1cccc2ccccc12. The lowest BCUT2D eigenvalue weighted by Gasteiger charge is -2.25. The van der Waals surface area contributed by atoms with E-state index in [-0.39, 0.29) is 12.1 Å². The van der Waals surface area contributed by atoms with Crippen LogP contribution in [0.3, 0.4) is 0 Å². The molecule has 3 aromatic rings. The quantitative estimate of drug-likeness (QED) is 0.752. The van der Waals surface area contributed by atoms with Crippen molar-refractivity contribution in [3.63, 3.8) is 0 Å². The van der Waals surface area contributed by atoms with Gasteiger partial charge in [-0.1, -0.05) is 42.5 Å². The lowest BCUT2D eigenvalue weighted by Crippen LogP contribution is -2.40. The molecule has 0 bridgehead atoms. The number of urea groups is 1. The number of aromatic nitrogens is 1. The molecule has 1 atom stereocenters. The van der Waals surface area contributed by atoms with Gasteiger partial charge in [0.2, 0.25) is 0 Å². The summed E-state index contributed by atoms with van der Waals surface area (Å²) in [6, 6.07) is 19.2. The summed E-state index contributed by atoms with van der Waals surface area (Å²) >= 11 is 0. The Kier molecular flexibility index (Phi) is 4.65. The zero-order valence-corrected chi connectivity index (χ0v) is 15.2. The van der Waals surface area contributed by atoms with Gasteiger partial charge in [-0.25, -0.2) is 4.79 Å². The molecule has 1 aromatic heterocycles. The van der Waals surface area contributed by atoms with Gasteiger partial charge < -0.3 is 14.8 Å². The zero-order valence-electron chi connectivity index (χ0n) is 15.2. The number of hydrogen-bond acceptors (Lipinski definition) is 1. The van der Waals surface area contributed by atoms with E-state index in [4.69, 9.17) is 0 Å². The van der Waals surface area contributed by atoms with Crippen molar-refractivity contribution in [3.05, 3.63) is 72.1 Å². The van der Waals surface area contributed by atoms with Crippen LogP contribution in [-0.2, 0) is 13.5 Å². The molecule has 0 radical (unpaired) electrons. The molecule has 2 amide bonds. The van der Waals surface area contributed by atoms with Gasteiger partial charge in [-0.2, -0.15) is 0 Å². The van der Waals surface area contributed by atoms with Crippen LogP contribution in [0, 0.1) is 0 Å². The summed E-state index contributed by atoms with van der Waals surface area (Å²) in [6.07, 6.45) is 4.99. The monoisotopic (exact) mass is 347 g/mol. The molecule has 0 saturated carbocycles. The molecule has 1 unspecified atom stereocenters. The number of nitrogens with zero attached hydrogens (tertiary/aromatic N) is 2. The van der Waals surface area contributed by atoms with Gasteiger partial charge in [0.15, 0.2) is 0 Å². The predicted molar refractivity (Wildman–Crippen MR) is 105 cm³/mol. The third-order valence-electron chi connectivity index (χ3n) is 5.39. The molecule has 0 aliphatic carbocycles. The zero-order chi connectivity index (χ0) is 17.9. The van der Waals surface area contributed by atoms with E-state index in [1.54, 1.807) is 0 Å². The highest BCUT2D eigenvalue weighted by atomic mass is 16.2. The fourth-order valence-electron chi connectivity index (χ4n) is 4.05. The molecule has 1 aliphatic heterocycles. The van der Waals surface area contributed by atoms with Crippen LogP contribution in [0.25, 0.3) is 10.8 Å². The molecular weight excluding hydrogens is 322 g/mol. The summed E-state index contributed by atoms with van der Waals surface area (Å²) in [5.41, 5.74) is 2.50. The minimum atomic E-state index is 0.0499. The second kappa shape index (κ2) is 7.24. The van der Waals surface area contributed by atoms with E-state index in [2.05, 4.69) is 58.4 Å². The standard InChI is InChI=1S/C22H25N3O/c1-24-15-5-11-20(24)21-12-6-16-25(21)22(26)23-14-13-18-9-4-8-17-7-2-3-10-19(17)18/h2-5,7-11,15,21H,6,12-14,16H2,1H3,(H,23,26). The molecule has 1 saturated heterocycles. The highest BCUT2D eigenvalue weighted by Crippen LogP contribution is 2.31. The lowest BCUT2D eigenvalue weighted by molar-refractivity contribution is 0.191. The van der Waals surface area contributed by atoms with E-state index in [1.807, 2.05) is 24.2 Å². The summed E-state index contributed by atoms with van der Waals surface area (Å²) in [4.78, 5) is 14.7. The minimum absolute atomic E-state index is 0.0499. The predicted octanol–water partition coefficient (Wildman–Crippen LogP) is 4.27. The Morgan fingerprint density at radius 1 is 1.12 bits per heavy atom. The van der Waals surface area contributed by atoms with Gasteiger partial charge in [-0.05, 0) is 47.7 Å². The maximum Gasteiger partial charge on any atom is 0.317 e. The van der Waals surface area contributed by atoms with Crippen LogP contribution in [0.2, 0.25) is 0 Å². The van der Waals surface area contributed by atoms with Crippen molar-refractivity contribution < 1.29 is 4.79 Å². The van der Waals surface area contributed by atoms with Crippen molar-refractivity contribution in [1.29, 1.82) is 0 Å². The Hall–Kier alpha value is -2.75. The Bertz CT molecular complexity index is 909. The highest BCUT2D eigenvalue weighted by Gasteiger charge is 2.31. The number of hydrogen-bond donors (Lipinski definition) is 1. The third-order valence-corrected chi connectivity index (χ3v) is 5.39. The average Bonchev–Trinajstić information content (AvgIpc) is 3.30. The van der Waals surface area contributed by atoms with Gasteiger partial charge >= 0.3 is 6.03 Å². The fraction of sp³-hybridized carbons (Fsp3) is 0.318. The number of carbonyl (C=O) groups excluding carboxylic acids is 1. The number of aryl methyl sites for hydroxylation is 1. The van der Waals surface area contributed by atoms with Crippen LogP contribution >= 0.6 is 0 Å². The number of nitrogens with one attached hydrogen (secondary N) is 1.